The Balaban J connectivity index is 1.65. The van der Waals surface area contributed by atoms with Crippen LogP contribution in [0.2, 0.25) is 0 Å². The number of nitrogens with zero attached hydrogens (tertiary/aromatic N) is 3. The van der Waals surface area contributed by atoms with Crippen molar-refractivity contribution in [2.45, 2.75) is 6.54 Å². The summed E-state index contributed by atoms with van der Waals surface area (Å²) < 4.78 is 4.93. The smallest absolute Gasteiger partial charge is 0.248 e. The van der Waals surface area contributed by atoms with E-state index < -0.39 is 0 Å². The molecule has 5 nitrogen and oxygen atoms in total. The van der Waals surface area contributed by atoms with Gasteiger partial charge >= 0.3 is 0 Å². The van der Waals surface area contributed by atoms with Gasteiger partial charge < -0.3 is 9.64 Å². The fourth-order valence-electron chi connectivity index (χ4n) is 3.07. The van der Waals surface area contributed by atoms with Crippen LogP contribution in [0.25, 0.3) is 11.1 Å². The number of hydrogen-bond acceptors (Lipinski definition) is 4. The third kappa shape index (κ3) is 3.99. The van der Waals surface area contributed by atoms with Gasteiger partial charge in [-0.3, -0.25) is 14.7 Å². The number of carbonyl (C=O) groups is 1. The van der Waals surface area contributed by atoms with Crippen LogP contribution in [0.1, 0.15) is 5.56 Å². The molecule has 0 atom stereocenters. The molecule has 1 amide bonds. The van der Waals surface area contributed by atoms with E-state index in [4.69, 9.17) is 4.74 Å². The fraction of sp³-hybridized carbons (Fsp3) is 0.368. The Labute approximate surface area is 142 Å². The van der Waals surface area contributed by atoms with E-state index in [1.807, 2.05) is 17.2 Å². The van der Waals surface area contributed by atoms with Crippen LogP contribution in [-0.2, 0) is 16.1 Å². The van der Waals surface area contributed by atoms with Crippen LogP contribution in [-0.4, -0.2) is 60.6 Å². The van der Waals surface area contributed by atoms with Gasteiger partial charge in [-0.1, -0.05) is 30.3 Å². The molecule has 1 saturated heterocycles. The lowest BCUT2D eigenvalue weighted by molar-refractivity contribution is -0.136. The predicted octanol–water partition coefficient (Wildman–Crippen LogP) is 2.04. The Hall–Kier alpha value is -2.24. The molecule has 1 aliphatic rings. The molecule has 0 spiro atoms. The van der Waals surface area contributed by atoms with E-state index in [1.54, 1.807) is 13.3 Å². The summed E-state index contributed by atoms with van der Waals surface area (Å²) in [6, 6.07) is 12.5. The molecule has 0 saturated carbocycles. The van der Waals surface area contributed by atoms with Crippen molar-refractivity contribution < 1.29 is 9.53 Å². The Morgan fingerprint density at radius 2 is 1.92 bits per heavy atom. The van der Waals surface area contributed by atoms with Crippen LogP contribution in [0.4, 0.5) is 0 Å². The van der Waals surface area contributed by atoms with Gasteiger partial charge in [0.05, 0.1) is 0 Å². The van der Waals surface area contributed by atoms with Gasteiger partial charge in [0.1, 0.15) is 6.61 Å². The second kappa shape index (κ2) is 8.04. The SMILES string of the molecule is COCC(=O)N1CCN(Cc2ccccc2-c2cccnc2)CC1. The highest BCUT2D eigenvalue weighted by Gasteiger charge is 2.21. The lowest BCUT2D eigenvalue weighted by atomic mass is 10.0. The lowest BCUT2D eigenvalue weighted by Gasteiger charge is -2.35. The average molecular weight is 325 g/mol. The van der Waals surface area contributed by atoms with Crippen LogP contribution in [0.5, 0.6) is 0 Å². The van der Waals surface area contributed by atoms with Crippen LogP contribution >= 0.6 is 0 Å². The van der Waals surface area contributed by atoms with Crippen molar-refractivity contribution in [3.8, 4) is 11.1 Å². The van der Waals surface area contributed by atoms with Crippen LogP contribution in [0.15, 0.2) is 48.8 Å². The molecule has 126 valence electrons. The summed E-state index contributed by atoms with van der Waals surface area (Å²) in [4.78, 5) is 20.4. The van der Waals surface area contributed by atoms with Gasteiger partial charge in [0.15, 0.2) is 0 Å². The van der Waals surface area contributed by atoms with Crippen molar-refractivity contribution in [3.05, 3.63) is 54.4 Å². The number of ether oxygens (including phenoxy) is 1. The van der Waals surface area contributed by atoms with E-state index in [-0.39, 0.29) is 12.5 Å². The Morgan fingerprint density at radius 3 is 2.62 bits per heavy atom. The standard InChI is InChI=1S/C19H23N3O2/c1-24-15-19(23)22-11-9-21(10-12-22)14-17-5-2-3-7-18(17)16-6-4-8-20-13-16/h2-8,13H,9-12,14-15H2,1H3. The summed E-state index contributed by atoms with van der Waals surface area (Å²) in [7, 11) is 1.56. The minimum absolute atomic E-state index is 0.0768. The molecule has 1 aromatic heterocycles. The van der Waals surface area contributed by atoms with Gasteiger partial charge in [0.25, 0.3) is 0 Å². The normalized spacial score (nSPS) is 15.5. The highest BCUT2D eigenvalue weighted by Crippen LogP contribution is 2.24. The molecule has 5 heteroatoms. The molecule has 0 bridgehead atoms. The number of piperazine rings is 1. The maximum atomic E-state index is 11.9. The summed E-state index contributed by atoms with van der Waals surface area (Å²) in [5, 5.41) is 0. The van der Waals surface area contributed by atoms with Crippen LogP contribution in [0.3, 0.4) is 0 Å². The highest BCUT2D eigenvalue weighted by atomic mass is 16.5. The van der Waals surface area contributed by atoms with Crippen molar-refractivity contribution in [2.75, 3.05) is 39.9 Å². The molecule has 2 heterocycles. The zero-order valence-electron chi connectivity index (χ0n) is 14.0. The molecule has 0 unspecified atom stereocenters. The summed E-state index contributed by atoms with van der Waals surface area (Å²) in [6.07, 6.45) is 3.70. The predicted molar refractivity (Wildman–Crippen MR) is 93.4 cm³/mol. The number of pyridine rings is 1. The van der Waals surface area contributed by atoms with Crippen LogP contribution < -0.4 is 0 Å². The first-order chi connectivity index (χ1) is 11.8. The quantitative estimate of drug-likeness (QED) is 0.844. The van der Waals surface area contributed by atoms with Crippen molar-refractivity contribution in [1.29, 1.82) is 0 Å². The minimum Gasteiger partial charge on any atom is -0.375 e. The number of benzene rings is 1. The zero-order chi connectivity index (χ0) is 16.8. The molecule has 1 fully saturated rings. The second-order valence-electron chi connectivity index (χ2n) is 5.99. The maximum Gasteiger partial charge on any atom is 0.248 e. The number of methoxy groups -OCH3 is 1. The minimum atomic E-state index is 0.0768. The molecule has 0 N–H and O–H groups in total. The molecule has 0 aliphatic carbocycles. The molecular weight excluding hydrogens is 302 g/mol. The molecule has 24 heavy (non-hydrogen) atoms. The Kier molecular flexibility index (Phi) is 5.56. The summed E-state index contributed by atoms with van der Waals surface area (Å²) in [5.74, 6) is 0.0768. The molecule has 3 rings (SSSR count). The topological polar surface area (TPSA) is 45.7 Å². The number of rotatable bonds is 5. The zero-order valence-corrected chi connectivity index (χ0v) is 14.0. The van der Waals surface area contributed by atoms with Gasteiger partial charge in [-0.25, -0.2) is 0 Å². The van der Waals surface area contributed by atoms with Crippen molar-refractivity contribution in [1.82, 2.24) is 14.8 Å². The van der Waals surface area contributed by atoms with Crippen molar-refractivity contribution in [3.63, 3.8) is 0 Å². The van der Waals surface area contributed by atoms with E-state index in [2.05, 4.69) is 40.2 Å². The summed E-state index contributed by atoms with van der Waals surface area (Å²) >= 11 is 0. The van der Waals surface area contributed by atoms with Crippen LogP contribution in [0, 0.1) is 0 Å². The van der Waals surface area contributed by atoms with E-state index in [1.165, 1.54) is 11.1 Å². The summed E-state index contributed by atoms with van der Waals surface area (Å²) in [6.45, 7) is 4.35. The third-order valence-electron chi connectivity index (χ3n) is 4.38. The fourth-order valence-corrected chi connectivity index (χ4v) is 3.07. The number of aromatic nitrogens is 1. The Bertz CT molecular complexity index is 667. The van der Waals surface area contributed by atoms with Gasteiger partial charge in [0, 0.05) is 57.8 Å². The van der Waals surface area contributed by atoms with E-state index in [0.717, 1.165) is 38.3 Å². The highest BCUT2D eigenvalue weighted by molar-refractivity contribution is 5.77. The molecule has 2 aromatic rings. The monoisotopic (exact) mass is 325 g/mol. The number of hydrogen-bond donors (Lipinski definition) is 0. The summed E-state index contributed by atoms with van der Waals surface area (Å²) in [5.41, 5.74) is 3.66. The van der Waals surface area contributed by atoms with Gasteiger partial charge in [-0.2, -0.15) is 0 Å². The maximum absolute atomic E-state index is 11.9. The third-order valence-corrected chi connectivity index (χ3v) is 4.38. The van der Waals surface area contributed by atoms with Crippen molar-refractivity contribution >= 4 is 5.91 Å². The second-order valence-corrected chi connectivity index (χ2v) is 5.99. The lowest BCUT2D eigenvalue weighted by Crippen LogP contribution is -2.49. The average Bonchev–Trinajstić information content (AvgIpc) is 2.64. The van der Waals surface area contributed by atoms with Crippen molar-refractivity contribution in [2.24, 2.45) is 0 Å². The van der Waals surface area contributed by atoms with Gasteiger partial charge in [-0.05, 0) is 17.2 Å². The van der Waals surface area contributed by atoms with Gasteiger partial charge in [-0.15, -0.1) is 0 Å². The molecule has 1 aliphatic heterocycles. The van der Waals surface area contributed by atoms with E-state index in [9.17, 15) is 4.79 Å². The number of amides is 1. The molecule has 1 aromatic carbocycles. The number of carbonyl (C=O) groups excluding carboxylic acids is 1. The Morgan fingerprint density at radius 1 is 1.12 bits per heavy atom. The largest absolute Gasteiger partial charge is 0.375 e. The first-order valence-corrected chi connectivity index (χ1v) is 8.25. The van der Waals surface area contributed by atoms with E-state index >= 15 is 0 Å². The first kappa shape index (κ1) is 16.6. The van der Waals surface area contributed by atoms with Gasteiger partial charge in [0.2, 0.25) is 5.91 Å². The van der Waals surface area contributed by atoms with E-state index in [0.29, 0.717) is 0 Å². The first-order valence-electron chi connectivity index (χ1n) is 8.25. The molecule has 0 radical (unpaired) electrons. The molecular formula is C19H23N3O2.